The van der Waals surface area contributed by atoms with Crippen LogP contribution in [0.25, 0.3) is 0 Å². The molecule has 2 amide bonds. The maximum Gasteiger partial charge on any atom is 0.256 e. The lowest BCUT2D eigenvalue weighted by Crippen LogP contribution is -2.42. The Morgan fingerprint density at radius 1 is 1.42 bits per heavy atom. The zero-order valence-corrected chi connectivity index (χ0v) is 15.4. The monoisotopic (exact) mass is 356 g/mol. The van der Waals surface area contributed by atoms with E-state index in [-0.39, 0.29) is 12.2 Å². The highest BCUT2D eigenvalue weighted by molar-refractivity contribution is 7.17. The fraction of sp³-hybridized carbons (Fsp3) is 0.625. The molecule has 0 saturated heterocycles. The number of fused-ring (bicyclic) bond motifs is 1. The molecule has 1 atom stereocenters. The van der Waals surface area contributed by atoms with Gasteiger partial charge in [0.25, 0.3) is 11.8 Å². The van der Waals surface area contributed by atoms with Crippen molar-refractivity contribution in [2.24, 2.45) is 5.73 Å². The molecule has 1 aromatic rings. The van der Waals surface area contributed by atoms with Gasteiger partial charge in [-0.1, -0.05) is 0 Å². The highest BCUT2D eigenvalue weighted by Gasteiger charge is 2.43. The summed E-state index contributed by atoms with van der Waals surface area (Å²) in [5.41, 5.74) is 5.57. The number of hydrogen-bond donors (Lipinski definition) is 3. The van der Waals surface area contributed by atoms with Crippen LogP contribution < -0.4 is 11.1 Å². The Morgan fingerprint density at radius 3 is 2.58 bits per heavy atom. The first-order valence-corrected chi connectivity index (χ1v) is 8.44. The topological polar surface area (TPSA) is 111 Å². The van der Waals surface area contributed by atoms with E-state index >= 15 is 0 Å². The van der Waals surface area contributed by atoms with E-state index in [0.717, 1.165) is 10.4 Å². The maximum absolute atomic E-state index is 12.1. The molecule has 1 unspecified atom stereocenters. The van der Waals surface area contributed by atoms with E-state index in [4.69, 9.17) is 15.2 Å². The van der Waals surface area contributed by atoms with Crippen LogP contribution in [0.5, 0.6) is 0 Å². The summed E-state index contributed by atoms with van der Waals surface area (Å²) in [5.74, 6) is -1.26. The van der Waals surface area contributed by atoms with E-state index in [9.17, 15) is 14.7 Å². The molecule has 0 spiro atoms. The highest BCUT2D eigenvalue weighted by atomic mass is 32.1. The Balaban J connectivity index is 2.46. The Kier molecular flexibility index (Phi) is 5.06. The maximum atomic E-state index is 12.1. The lowest BCUT2D eigenvalue weighted by molar-refractivity contribution is -0.135. The SMILES string of the molecule is COCC(O)C(=O)Nc1sc2c(c1C(N)=O)CC(C)(C)OC2(C)C. The fourth-order valence-electron chi connectivity index (χ4n) is 3.10. The smallest absolute Gasteiger partial charge is 0.256 e. The molecular weight excluding hydrogens is 332 g/mol. The second-order valence-electron chi connectivity index (χ2n) is 6.99. The standard InChI is InChI=1S/C16H24N2O5S/c1-15(2)6-8-10(12(17)20)14(18-13(21)9(19)7-22-5)24-11(8)16(3,4)23-15/h9,19H,6-7H2,1-5H3,(H2,17,20)(H,18,21). The van der Waals surface area contributed by atoms with Gasteiger partial charge in [-0.3, -0.25) is 9.59 Å². The number of aliphatic hydroxyl groups is 1. The zero-order valence-electron chi connectivity index (χ0n) is 14.6. The normalized spacial score (nSPS) is 19.4. The summed E-state index contributed by atoms with van der Waals surface area (Å²) in [4.78, 5) is 24.9. The van der Waals surface area contributed by atoms with Crippen molar-refractivity contribution in [3.63, 3.8) is 0 Å². The molecule has 1 aliphatic rings. The number of ether oxygens (including phenoxy) is 2. The summed E-state index contributed by atoms with van der Waals surface area (Å²) in [6.07, 6.45) is -0.813. The number of methoxy groups -OCH3 is 1. The van der Waals surface area contributed by atoms with Gasteiger partial charge in [0.15, 0.2) is 6.10 Å². The third-order valence-electron chi connectivity index (χ3n) is 3.80. The third-order valence-corrected chi connectivity index (χ3v) is 5.25. The van der Waals surface area contributed by atoms with Gasteiger partial charge in [-0.05, 0) is 33.3 Å². The second-order valence-corrected chi connectivity index (χ2v) is 8.01. The summed E-state index contributed by atoms with van der Waals surface area (Å²) >= 11 is 1.25. The van der Waals surface area contributed by atoms with E-state index in [0.29, 0.717) is 11.4 Å². The number of carbonyl (C=O) groups is 2. The van der Waals surface area contributed by atoms with Gasteiger partial charge in [0.2, 0.25) is 0 Å². The number of nitrogens with two attached hydrogens (primary N) is 1. The average molecular weight is 356 g/mol. The van der Waals surface area contributed by atoms with Gasteiger partial charge >= 0.3 is 0 Å². The molecule has 0 radical (unpaired) electrons. The first-order valence-electron chi connectivity index (χ1n) is 7.62. The van der Waals surface area contributed by atoms with E-state index < -0.39 is 29.1 Å². The molecule has 1 aliphatic heterocycles. The molecule has 4 N–H and O–H groups in total. The van der Waals surface area contributed by atoms with Gasteiger partial charge in [0.1, 0.15) is 5.00 Å². The van der Waals surface area contributed by atoms with Crippen LogP contribution in [0.4, 0.5) is 5.00 Å². The van der Waals surface area contributed by atoms with Gasteiger partial charge in [0, 0.05) is 18.4 Å². The van der Waals surface area contributed by atoms with Crippen molar-refractivity contribution in [1.82, 2.24) is 0 Å². The lowest BCUT2D eigenvalue weighted by Gasteiger charge is -2.41. The van der Waals surface area contributed by atoms with Crippen molar-refractivity contribution < 1.29 is 24.2 Å². The van der Waals surface area contributed by atoms with Crippen LogP contribution in [-0.2, 0) is 26.3 Å². The third kappa shape index (κ3) is 3.61. The quantitative estimate of drug-likeness (QED) is 0.738. The van der Waals surface area contributed by atoms with Crippen LogP contribution in [0.1, 0.15) is 48.5 Å². The molecule has 134 valence electrons. The molecule has 0 fully saturated rings. The summed E-state index contributed by atoms with van der Waals surface area (Å²) in [7, 11) is 1.39. The number of rotatable bonds is 5. The van der Waals surface area contributed by atoms with Crippen LogP contribution >= 0.6 is 11.3 Å². The summed E-state index contributed by atoms with van der Waals surface area (Å²) in [6, 6.07) is 0. The molecular formula is C16H24N2O5S. The number of primary amides is 1. The second kappa shape index (κ2) is 6.44. The molecule has 8 heteroatoms. The summed E-state index contributed by atoms with van der Waals surface area (Å²) in [6.45, 7) is 7.59. The van der Waals surface area contributed by atoms with Crippen LogP contribution in [0, 0.1) is 0 Å². The van der Waals surface area contributed by atoms with E-state index in [2.05, 4.69) is 5.32 Å². The largest absolute Gasteiger partial charge is 0.381 e. The van der Waals surface area contributed by atoms with Gasteiger partial charge in [-0.15, -0.1) is 11.3 Å². The first kappa shape index (κ1) is 18.9. The van der Waals surface area contributed by atoms with Gasteiger partial charge in [-0.2, -0.15) is 0 Å². The molecule has 0 saturated carbocycles. The van der Waals surface area contributed by atoms with Crippen LogP contribution in [0.2, 0.25) is 0 Å². The minimum Gasteiger partial charge on any atom is -0.381 e. The van der Waals surface area contributed by atoms with Crippen molar-refractivity contribution in [3.05, 3.63) is 16.0 Å². The molecule has 1 aromatic heterocycles. The predicted molar refractivity (Wildman–Crippen MR) is 91.2 cm³/mol. The number of anilines is 1. The lowest BCUT2D eigenvalue weighted by atomic mass is 9.86. The van der Waals surface area contributed by atoms with Crippen molar-refractivity contribution in [2.45, 2.75) is 51.4 Å². The van der Waals surface area contributed by atoms with Gasteiger partial charge in [0.05, 0.1) is 23.4 Å². The van der Waals surface area contributed by atoms with Crippen LogP contribution in [0.3, 0.4) is 0 Å². The molecule has 2 rings (SSSR count). The Morgan fingerprint density at radius 2 is 2.04 bits per heavy atom. The van der Waals surface area contributed by atoms with Crippen LogP contribution in [-0.4, -0.2) is 42.3 Å². The summed E-state index contributed by atoms with van der Waals surface area (Å²) in [5, 5.41) is 12.7. The molecule has 0 aliphatic carbocycles. The van der Waals surface area contributed by atoms with Gasteiger partial charge < -0.3 is 25.6 Å². The molecule has 0 aromatic carbocycles. The zero-order chi connectivity index (χ0) is 18.3. The van der Waals surface area contributed by atoms with Crippen LogP contribution in [0.15, 0.2) is 0 Å². The number of thiophene rings is 1. The Labute approximate surface area is 145 Å². The average Bonchev–Trinajstić information content (AvgIpc) is 2.75. The van der Waals surface area contributed by atoms with Gasteiger partial charge in [-0.25, -0.2) is 0 Å². The van der Waals surface area contributed by atoms with Crippen molar-refractivity contribution >= 4 is 28.2 Å². The first-order chi connectivity index (χ1) is 11.0. The Hall–Kier alpha value is -1.48. The number of aliphatic hydroxyl groups excluding tert-OH is 1. The van der Waals surface area contributed by atoms with Crippen molar-refractivity contribution in [2.75, 3.05) is 19.0 Å². The van der Waals surface area contributed by atoms with E-state index in [1.165, 1.54) is 18.4 Å². The minimum atomic E-state index is -1.32. The number of carbonyl (C=O) groups excluding carboxylic acids is 2. The minimum absolute atomic E-state index is 0.134. The highest BCUT2D eigenvalue weighted by Crippen LogP contribution is 2.48. The summed E-state index contributed by atoms with van der Waals surface area (Å²) < 4.78 is 10.9. The van der Waals surface area contributed by atoms with Crippen molar-refractivity contribution in [3.8, 4) is 0 Å². The van der Waals surface area contributed by atoms with E-state index in [1.807, 2.05) is 27.7 Å². The molecule has 2 heterocycles. The predicted octanol–water partition coefficient (Wildman–Crippen LogP) is 1.38. The Bertz CT molecular complexity index is 666. The van der Waals surface area contributed by atoms with Crippen molar-refractivity contribution in [1.29, 1.82) is 0 Å². The van der Waals surface area contributed by atoms with E-state index in [1.54, 1.807) is 0 Å². The number of nitrogens with one attached hydrogen (secondary N) is 1. The molecule has 7 nitrogen and oxygen atoms in total. The number of hydrogen-bond acceptors (Lipinski definition) is 6. The number of amides is 2. The molecule has 0 bridgehead atoms. The fourth-order valence-corrected chi connectivity index (χ4v) is 4.36. The molecule has 24 heavy (non-hydrogen) atoms.